The van der Waals surface area contributed by atoms with Crippen molar-refractivity contribution >= 4 is 0 Å². The van der Waals surface area contributed by atoms with Gasteiger partial charge in [-0.3, -0.25) is 0 Å². The summed E-state index contributed by atoms with van der Waals surface area (Å²) in [5, 5.41) is 3.94. The largest absolute Gasteiger partial charge is 0.494 e. The summed E-state index contributed by atoms with van der Waals surface area (Å²) >= 11 is 0. The first-order valence-electron chi connectivity index (χ1n) is 6.92. The SMILES string of the molecule is CCCOc1cccc(-c2nc(C(C)(N)COC)no2)c1. The van der Waals surface area contributed by atoms with Gasteiger partial charge >= 0.3 is 0 Å². The maximum Gasteiger partial charge on any atom is 0.258 e. The lowest BCUT2D eigenvalue weighted by Crippen LogP contribution is -2.38. The maximum absolute atomic E-state index is 6.10. The van der Waals surface area contributed by atoms with Crippen molar-refractivity contribution in [1.82, 2.24) is 10.1 Å². The van der Waals surface area contributed by atoms with Crippen molar-refractivity contribution in [3.8, 4) is 17.2 Å². The van der Waals surface area contributed by atoms with Crippen LogP contribution in [0.4, 0.5) is 0 Å². The number of nitrogens with zero attached hydrogens (tertiary/aromatic N) is 2. The van der Waals surface area contributed by atoms with E-state index in [2.05, 4.69) is 17.1 Å². The van der Waals surface area contributed by atoms with Gasteiger partial charge in [-0.05, 0) is 31.5 Å². The van der Waals surface area contributed by atoms with Crippen molar-refractivity contribution in [3.63, 3.8) is 0 Å². The smallest absolute Gasteiger partial charge is 0.258 e. The zero-order valence-electron chi connectivity index (χ0n) is 12.6. The summed E-state index contributed by atoms with van der Waals surface area (Å²) in [6.07, 6.45) is 0.956. The molecule has 0 amide bonds. The monoisotopic (exact) mass is 291 g/mol. The molecule has 1 atom stereocenters. The third kappa shape index (κ3) is 3.80. The van der Waals surface area contributed by atoms with Crippen molar-refractivity contribution in [2.75, 3.05) is 20.3 Å². The Bertz CT molecular complexity index is 581. The van der Waals surface area contributed by atoms with Crippen LogP contribution in [0, 0.1) is 0 Å². The van der Waals surface area contributed by atoms with Crippen LogP contribution in [0.15, 0.2) is 28.8 Å². The van der Waals surface area contributed by atoms with Crippen molar-refractivity contribution in [3.05, 3.63) is 30.1 Å². The molecule has 2 rings (SSSR count). The molecule has 0 aliphatic rings. The van der Waals surface area contributed by atoms with Gasteiger partial charge in [0, 0.05) is 12.7 Å². The lowest BCUT2D eigenvalue weighted by Gasteiger charge is -2.18. The highest BCUT2D eigenvalue weighted by Crippen LogP contribution is 2.24. The fourth-order valence-corrected chi connectivity index (χ4v) is 1.88. The number of ether oxygens (including phenoxy) is 2. The standard InChI is InChI=1S/C15H21N3O3/c1-4-8-20-12-7-5-6-11(9-12)13-17-14(18-21-13)15(2,16)10-19-3/h5-7,9H,4,8,10,16H2,1-3H3. The number of nitrogens with two attached hydrogens (primary N) is 1. The molecule has 2 N–H and O–H groups in total. The third-order valence-corrected chi connectivity index (χ3v) is 2.93. The summed E-state index contributed by atoms with van der Waals surface area (Å²) < 4.78 is 16.0. The molecule has 0 bridgehead atoms. The number of methoxy groups -OCH3 is 1. The Morgan fingerprint density at radius 3 is 2.90 bits per heavy atom. The maximum atomic E-state index is 6.10. The Balaban J connectivity index is 2.21. The summed E-state index contributed by atoms with van der Waals surface area (Å²) in [5.74, 6) is 1.61. The van der Waals surface area contributed by atoms with Gasteiger partial charge in [0.1, 0.15) is 11.3 Å². The topological polar surface area (TPSA) is 83.4 Å². The second kappa shape index (κ2) is 6.69. The van der Waals surface area contributed by atoms with Crippen LogP contribution in [0.3, 0.4) is 0 Å². The molecule has 2 aromatic rings. The van der Waals surface area contributed by atoms with E-state index >= 15 is 0 Å². The van der Waals surface area contributed by atoms with Crippen LogP contribution in [0.5, 0.6) is 5.75 Å². The Morgan fingerprint density at radius 1 is 1.38 bits per heavy atom. The Morgan fingerprint density at radius 2 is 2.19 bits per heavy atom. The summed E-state index contributed by atoms with van der Waals surface area (Å²) in [6.45, 7) is 4.84. The van der Waals surface area contributed by atoms with E-state index in [0.717, 1.165) is 17.7 Å². The van der Waals surface area contributed by atoms with Crippen LogP contribution in [0.25, 0.3) is 11.5 Å². The van der Waals surface area contributed by atoms with Crippen LogP contribution in [-0.4, -0.2) is 30.5 Å². The van der Waals surface area contributed by atoms with E-state index < -0.39 is 5.54 Å². The normalized spacial score (nSPS) is 13.9. The fraction of sp³-hybridized carbons (Fsp3) is 0.467. The molecule has 6 heteroatoms. The lowest BCUT2D eigenvalue weighted by atomic mass is 10.1. The highest BCUT2D eigenvalue weighted by Gasteiger charge is 2.27. The van der Waals surface area contributed by atoms with Crippen molar-refractivity contribution in [2.24, 2.45) is 5.73 Å². The van der Waals surface area contributed by atoms with E-state index in [1.807, 2.05) is 24.3 Å². The molecule has 1 aromatic carbocycles. The molecule has 1 heterocycles. The minimum absolute atomic E-state index is 0.311. The minimum Gasteiger partial charge on any atom is -0.494 e. The lowest BCUT2D eigenvalue weighted by molar-refractivity contribution is 0.135. The average Bonchev–Trinajstić information content (AvgIpc) is 2.96. The number of aromatic nitrogens is 2. The van der Waals surface area contributed by atoms with Gasteiger partial charge in [0.05, 0.1) is 13.2 Å². The van der Waals surface area contributed by atoms with E-state index in [4.69, 9.17) is 19.7 Å². The minimum atomic E-state index is -0.785. The second-order valence-electron chi connectivity index (χ2n) is 5.15. The molecule has 1 aromatic heterocycles. The Labute approximate surface area is 124 Å². The highest BCUT2D eigenvalue weighted by atomic mass is 16.5. The number of rotatable bonds is 7. The molecule has 21 heavy (non-hydrogen) atoms. The molecular weight excluding hydrogens is 270 g/mol. The van der Waals surface area contributed by atoms with Gasteiger partial charge in [-0.1, -0.05) is 18.1 Å². The van der Waals surface area contributed by atoms with E-state index in [-0.39, 0.29) is 0 Å². The van der Waals surface area contributed by atoms with Gasteiger partial charge < -0.3 is 19.7 Å². The van der Waals surface area contributed by atoms with Crippen LogP contribution in [0.2, 0.25) is 0 Å². The quantitative estimate of drug-likeness (QED) is 0.843. The van der Waals surface area contributed by atoms with Gasteiger partial charge in [-0.2, -0.15) is 4.98 Å². The number of hydrogen-bond acceptors (Lipinski definition) is 6. The van der Waals surface area contributed by atoms with Crippen LogP contribution in [-0.2, 0) is 10.3 Å². The summed E-state index contributed by atoms with van der Waals surface area (Å²) in [6, 6.07) is 7.55. The Hall–Kier alpha value is -1.92. The average molecular weight is 291 g/mol. The van der Waals surface area contributed by atoms with Crippen LogP contribution in [0.1, 0.15) is 26.1 Å². The molecule has 1 unspecified atom stereocenters. The predicted molar refractivity (Wildman–Crippen MR) is 78.9 cm³/mol. The zero-order chi connectivity index (χ0) is 15.3. The highest BCUT2D eigenvalue weighted by molar-refractivity contribution is 5.55. The van der Waals surface area contributed by atoms with Gasteiger partial charge in [0.2, 0.25) is 0 Å². The molecule has 0 saturated carbocycles. The summed E-state index contributed by atoms with van der Waals surface area (Å²) in [5.41, 5.74) is 6.12. The number of benzene rings is 1. The van der Waals surface area contributed by atoms with Gasteiger partial charge in [-0.25, -0.2) is 0 Å². The zero-order valence-corrected chi connectivity index (χ0v) is 12.6. The van der Waals surface area contributed by atoms with Gasteiger partial charge in [0.25, 0.3) is 5.89 Å². The van der Waals surface area contributed by atoms with Crippen LogP contribution < -0.4 is 10.5 Å². The van der Waals surface area contributed by atoms with Crippen LogP contribution >= 0.6 is 0 Å². The van der Waals surface area contributed by atoms with E-state index in [1.165, 1.54) is 0 Å². The fourth-order valence-electron chi connectivity index (χ4n) is 1.88. The van der Waals surface area contributed by atoms with Crippen molar-refractivity contribution in [1.29, 1.82) is 0 Å². The first-order chi connectivity index (χ1) is 10.1. The molecule has 114 valence electrons. The van der Waals surface area contributed by atoms with E-state index in [1.54, 1.807) is 14.0 Å². The van der Waals surface area contributed by atoms with Gasteiger partial charge in [0.15, 0.2) is 5.82 Å². The third-order valence-electron chi connectivity index (χ3n) is 2.93. The molecule has 0 aliphatic carbocycles. The van der Waals surface area contributed by atoms with Gasteiger partial charge in [-0.15, -0.1) is 0 Å². The second-order valence-corrected chi connectivity index (χ2v) is 5.15. The van der Waals surface area contributed by atoms with Crippen molar-refractivity contribution in [2.45, 2.75) is 25.8 Å². The van der Waals surface area contributed by atoms with E-state index in [0.29, 0.717) is 24.9 Å². The van der Waals surface area contributed by atoms with Crippen molar-refractivity contribution < 1.29 is 14.0 Å². The first-order valence-corrected chi connectivity index (χ1v) is 6.92. The first kappa shape index (κ1) is 15.5. The number of hydrogen-bond donors (Lipinski definition) is 1. The Kier molecular flexibility index (Phi) is 4.93. The predicted octanol–water partition coefficient (Wildman–Crippen LogP) is 2.35. The molecule has 0 radical (unpaired) electrons. The summed E-state index contributed by atoms with van der Waals surface area (Å²) in [4.78, 5) is 4.35. The molecule has 0 saturated heterocycles. The molecule has 0 spiro atoms. The van der Waals surface area contributed by atoms with E-state index in [9.17, 15) is 0 Å². The molecule has 0 aliphatic heterocycles. The molecular formula is C15H21N3O3. The molecule has 0 fully saturated rings. The summed E-state index contributed by atoms with van der Waals surface area (Å²) in [7, 11) is 1.58. The molecule has 6 nitrogen and oxygen atoms in total.